The largest absolute Gasteiger partial charge is 0.492 e. The minimum Gasteiger partial charge on any atom is -0.492 e. The molecule has 1 aliphatic heterocycles. The van der Waals surface area contributed by atoms with E-state index in [1.807, 2.05) is 6.07 Å². The second-order valence-corrected chi connectivity index (χ2v) is 8.53. The standard InChI is InChI=1S/C23H39N3O3.HI/c1-6-24-22(26-12-10-19(17-26)18-28-15-14-27-5)25-11-13-29-21-9-7-8-20(16-21)23(2,3)4;/h7-9,16,19H,6,10-15,17-18H2,1-5H3,(H,24,25);1H. The molecule has 1 fully saturated rings. The predicted molar refractivity (Wildman–Crippen MR) is 134 cm³/mol. The Labute approximate surface area is 199 Å². The zero-order valence-electron chi connectivity index (χ0n) is 19.3. The summed E-state index contributed by atoms with van der Waals surface area (Å²) in [7, 11) is 1.70. The molecule has 172 valence electrons. The van der Waals surface area contributed by atoms with Gasteiger partial charge in [-0.15, -0.1) is 24.0 Å². The molecule has 1 aromatic rings. The third-order valence-electron chi connectivity index (χ3n) is 5.03. The summed E-state index contributed by atoms with van der Waals surface area (Å²) < 4.78 is 16.7. The number of halogens is 1. The Kier molecular flexibility index (Phi) is 12.7. The first-order chi connectivity index (χ1) is 13.9. The summed E-state index contributed by atoms with van der Waals surface area (Å²) in [5, 5.41) is 3.41. The van der Waals surface area contributed by atoms with Crippen LogP contribution in [0.1, 0.15) is 39.7 Å². The van der Waals surface area contributed by atoms with Crippen molar-refractivity contribution in [2.24, 2.45) is 10.9 Å². The van der Waals surface area contributed by atoms with Crippen molar-refractivity contribution in [3.05, 3.63) is 29.8 Å². The smallest absolute Gasteiger partial charge is 0.194 e. The number of rotatable bonds is 10. The number of likely N-dealkylation sites (tertiary alicyclic amines) is 1. The van der Waals surface area contributed by atoms with Gasteiger partial charge in [0.1, 0.15) is 12.4 Å². The van der Waals surface area contributed by atoms with Gasteiger partial charge in [-0.3, -0.25) is 0 Å². The molecule has 1 unspecified atom stereocenters. The molecule has 7 heteroatoms. The first-order valence-corrected chi connectivity index (χ1v) is 10.8. The van der Waals surface area contributed by atoms with Crippen LogP contribution in [0.5, 0.6) is 5.75 Å². The number of nitrogens with one attached hydrogen (secondary N) is 1. The molecule has 0 bridgehead atoms. The number of hydrogen-bond donors (Lipinski definition) is 1. The van der Waals surface area contributed by atoms with E-state index < -0.39 is 0 Å². The Hall–Kier alpha value is -1.06. The summed E-state index contributed by atoms with van der Waals surface area (Å²) in [5.41, 5.74) is 1.40. The van der Waals surface area contributed by atoms with Gasteiger partial charge in [0.25, 0.3) is 0 Å². The normalized spacial score (nSPS) is 17.0. The first kappa shape index (κ1) is 27.0. The lowest BCUT2D eigenvalue weighted by molar-refractivity contribution is 0.0536. The van der Waals surface area contributed by atoms with Crippen molar-refractivity contribution >= 4 is 29.9 Å². The van der Waals surface area contributed by atoms with Crippen molar-refractivity contribution in [2.45, 2.75) is 39.5 Å². The fourth-order valence-electron chi connectivity index (χ4n) is 3.35. The van der Waals surface area contributed by atoms with Gasteiger partial charge < -0.3 is 24.4 Å². The van der Waals surface area contributed by atoms with Crippen LogP contribution in [-0.2, 0) is 14.9 Å². The van der Waals surface area contributed by atoms with Crippen LogP contribution in [0, 0.1) is 5.92 Å². The molecule has 1 aromatic carbocycles. The molecule has 30 heavy (non-hydrogen) atoms. The third-order valence-corrected chi connectivity index (χ3v) is 5.03. The van der Waals surface area contributed by atoms with E-state index in [2.05, 4.69) is 56.1 Å². The van der Waals surface area contributed by atoms with Crippen LogP contribution in [0.25, 0.3) is 0 Å². The molecule has 0 spiro atoms. The number of hydrogen-bond acceptors (Lipinski definition) is 4. The molecule has 6 nitrogen and oxygen atoms in total. The molecular formula is C23H40IN3O3. The van der Waals surface area contributed by atoms with Gasteiger partial charge in [-0.1, -0.05) is 32.9 Å². The van der Waals surface area contributed by atoms with Gasteiger partial charge in [-0.25, -0.2) is 4.99 Å². The highest BCUT2D eigenvalue weighted by atomic mass is 127. The Balaban J connectivity index is 0.00000450. The van der Waals surface area contributed by atoms with Gasteiger partial charge in [0.2, 0.25) is 0 Å². The second-order valence-electron chi connectivity index (χ2n) is 8.53. The number of methoxy groups -OCH3 is 1. The molecule has 0 aromatic heterocycles. The van der Waals surface area contributed by atoms with E-state index in [1.165, 1.54) is 5.56 Å². The fourth-order valence-corrected chi connectivity index (χ4v) is 3.35. The van der Waals surface area contributed by atoms with Crippen molar-refractivity contribution in [3.8, 4) is 5.75 Å². The number of benzene rings is 1. The number of aliphatic imine (C=N–C) groups is 1. The average molecular weight is 533 g/mol. The summed E-state index contributed by atoms with van der Waals surface area (Å²) in [6.45, 7) is 14.9. The van der Waals surface area contributed by atoms with E-state index in [4.69, 9.17) is 19.2 Å². The molecule has 1 atom stereocenters. The van der Waals surface area contributed by atoms with Gasteiger partial charge in [0, 0.05) is 32.7 Å². The quantitative estimate of drug-likeness (QED) is 0.214. The van der Waals surface area contributed by atoms with Crippen LogP contribution in [0.2, 0.25) is 0 Å². The Morgan fingerprint density at radius 2 is 2.03 bits per heavy atom. The van der Waals surface area contributed by atoms with E-state index in [0.29, 0.717) is 32.3 Å². The van der Waals surface area contributed by atoms with Crippen LogP contribution < -0.4 is 10.1 Å². The van der Waals surface area contributed by atoms with E-state index in [-0.39, 0.29) is 29.4 Å². The Bertz CT molecular complexity index is 634. The van der Waals surface area contributed by atoms with Crippen molar-refractivity contribution in [3.63, 3.8) is 0 Å². The lowest BCUT2D eigenvalue weighted by Crippen LogP contribution is -2.40. The summed E-state index contributed by atoms with van der Waals surface area (Å²) in [5.74, 6) is 2.43. The molecule has 1 aliphatic rings. The summed E-state index contributed by atoms with van der Waals surface area (Å²) in [4.78, 5) is 7.10. The molecule has 1 heterocycles. The van der Waals surface area contributed by atoms with Crippen molar-refractivity contribution in [2.75, 3.05) is 59.7 Å². The lowest BCUT2D eigenvalue weighted by atomic mass is 9.87. The minimum atomic E-state index is 0. The molecule has 1 saturated heterocycles. The van der Waals surface area contributed by atoms with Crippen LogP contribution in [-0.4, -0.2) is 70.6 Å². The number of ether oxygens (including phenoxy) is 3. The molecule has 0 amide bonds. The summed E-state index contributed by atoms with van der Waals surface area (Å²) >= 11 is 0. The van der Waals surface area contributed by atoms with Crippen LogP contribution >= 0.6 is 24.0 Å². The summed E-state index contributed by atoms with van der Waals surface area (Å²) in [6, 6.07) is 8.35. The lowest BCUT2D eigenvalue weighted by Gasteiger charge is -2.22. The average Bonchev–Trinajstić information content (AvgIpc) is 3.16. The van der Waals surface area contributed by atoms with Crippen molar-refractivity contribution in [1.29, 1.82) is 0 Å². The predicted octanol–water partition coefficient (Wildman–Crippen LogP) is 3.93. The van der Waals surface area contributed by atoms with Crippen LogP contribution in [0.3, 0.4) is 0 Å². The maximum absolute atomic E-state index is 5.95. The SMILES string of the molecule is CCNC(=NCCOc1cccc(C(C)(C)C)c1)N1CCC(COCCOC)C1.I. The fraction of sp³-hybridized carbons (Fsp3) is 0.696. The van der Waals surface area contributed by atoms with E-state index in [9.17, 15) is 0 Å². The van der Waals surface area contributed by atoms with Gasteiger partial charge in [0.05, 0.1) is 26.4 Å². The molecule has 2 rings (SSSR count). The minimum absolute atomic E-state index is 0. The summed E-state index contributed by atoms with van der Waals surface area (Å²) in [6.07, 6.45) is 1.13. The van der Waals surface area contributed by atoms with Crippen LogP contribution in [0.15, 0.2) is 29.3 Å². The van der Waals surface area contributed by atoms with E-state index in [1.54, 1.807) is 7.11 Å². The highest BCUT2D eigenvalue weighted by Crippen LogP contribution is 2.25. The topological polar surface area (TPSA) is 55.3 Å². The van der Waals surface area contributed by atoms with E-state index in [0.717, 1.165) is 44.4 Å². The highest BCUT2D eigenvalue weighted by Gasteiger charge is 2.24. The molecule has 0 radical (unpaired) electrons. The molecule has 0 saturated carbocycles. The maximum Gasteiger partial charge on any atom is 0.194 e. The van der Waals surface area contributed by atoms with Gasteiger partial charge >= 0.3 is 0 Å². The van der Waals surface area contributed by atoms with Gasteiger partial charge in [0.15, 0.2) is 5.96 Å². The second kappa shape index (κ2) is 14.1. The third kappa shape index (κ3) is 9.39. The zero-order valence-corrected chi connectivity index (χ0v) is 21.6. The molecule has 0 aliphatic carbocycles. The van der Waals surface area contributed by atoms with Crippen molar-refractivity contribution in [1.82, 2.24) is 10.2 Å². The number of guanidine groups is 1. The van der Waals surface area contributed by atoms with Gasteiger partial charge in [-0.05, 0) is 36.5 Å². The van der Waals surface area contributed by atoms with Crippen LogP contribution in [0.4, 0.5) is 0 Å². The maximum atomic E-state index is 5.95. The highest BCUT2D eigenvalue weighted by molar-refractivity contribution is 14.0. The molecular weight excluding hydrogens is 493 g/mol. The zero-order chi connectivity index (χ0) is 21.1. The molecule has 1 N–H and O–H groups in total. The van der Waals surface area contributed by atoms with E-state index >= 15 is 0 Å². The van der Waals surface area contributed by atoms with Crippen molar-refractivity contribution < 1.29 is 14.2 Å². The number of nitrogens with zero attached hydrogens (tertiary/aromatic N) is 2. The monoisotopic (exact) mass is 533 g/mol. The Morgan fingerprint density at radius 1 is 1.23 bits per heavy atom. The van der Waals surface area contributed by atoms with Gasteiger partial charge in [-0.2, -0.15) is 0 Å². The first-order valence-electron chi connectivity index (χ1n) is 10.8. The Morgan fingerprint density at radius 3 is 2.73 bits per heavy atom.